The summed E-state index contributed by atoms with van der Waals surface area (Å²) < 4.78 is 0. The molecule has 110 valence electrons. The summed E-state index contributed by atoms with van der Waals surface area (Å²) in [4.78, 5) is 28.6. The van der Waals surface area contributed by atoms with Gasteiger partial charge in [0.1, 0.15) is 11.8 Å². The van der Waals surface area contributed by atoms with E-state index in [0.29, 0.717) is 18.7 Å². The van der Waals surface area contributed by atoms with E-state index in [1.54, 1.807) is 6.20 Å². The van der Waals surface area contributed by atoms with Crippen molar-refractivity contribution in [1.29, 1.82) is 0 Å². The first-order valence-corrected chi connectivity index (χ1v) is 7.08. The number of aryl methyl sites for hydroxylation is 1. The molecule has 0 aliphatic carbocycles. The number of aromatic nitrogens is 1. The number of nitrogens with one attached hydrogen (secondary N) is 1. The number of anilines is 1. The van der Waals surface area contributed by atoms with Gasteiger partial charge in [0.2, 0.25) is 0 Å². The molecule has 0 saturated carbocycles. The van der Waals surface area contributed by atoms with Crippen LogP contribution in [0.4, 0.5) is 5.69 Å². The molecule has 0 spiro atoms. The van der Waals surface area contributed by atoms with Crippen LogP contribution in [0, 0.1) is 5.41 Å². The molecule has 1 amide bonds. The summed E-state index contributed by atoms with van der Waals surface area (Å²) in [6.45, 7) is 6.13. The number of carbonyl (C=O) groups is 1. The van der Waals surface area contributed by atoms with Gasteiger partial charge in [-0.05, 0) is 36.3 Å². The van der Waals surface area contributed by atoms with Gasteiger partial charge < -0.3 is 15.0 Å². The number of nitrogens with zero attached hydrogens (tertiary/aromatic N) is 1. The molecule has 0 fully saturated rings. The third-order valence-electron chi connectivity index (χ3n) is 4.27. The zero-order chi connectivity index (χ0) is 14.9. The molecule has 0 aromatic carbocycles. The fraction of sp³-hybridized carbons (Fsp3) is 0.600. The SMILES string of the molecule is CCC(C)(C)C(O)C(=O)N1CCCc2cc[nH]c(=O)c21. The van der Waals surface area contributed by atoms with Crippen LogP contribution >= 0.6 is 0 Å². The first-order valence-electron chi connectivity index (χ1n) is 7.08. The molecule has 0 radical (unpaired) electrons. The summed E-state index contributed by atoms with van der Waals surface area (Å²) >= 11 is 0. The maximum Gasteiger partial charge on any atom is 0.272 e. The fourth-order valence-corrected chi connectivity index (χ4v) is 2.44. The first-order chi connectivity index (χ1) is 9.38. The van der Waals surface area contributed by atoms with Gasteiger partial charge in [0.15, 0.2) is 0 Å². The summed E-state index contributed by atoms with van der Waals surface area (Å²) in [5.74, 6) is -0.380. The number of carbonyl (C=O) groups excluding carboxylic acids is 1. The van der Waals surface area contributed by atoms with Crippen molar-refractivity contribution < 1.29 is 9.90 Å². The van der Waals surface area contributed by atoms with Crippen LogP contribution < -0.4 is 10.5 Å². The van der Waals surface area contributed by atoms with E-state index in [0.717, 1.165) is 18.4 Å². The van der Waals surface area contributed by atoms with Crippen molar-refractivity contribution in [3.05, 3.63) is 28.2 Å². The Morgan fingerprint density at radius 3 is 2.90 bits per heavy atom. The number of hydrogen-bond acceptors (Lipinski definition) is 3. The standard InChI is InChI=1S/C15H22N2O3/c1-4-15(2,3)12(18)14(20)17-9-5-6-10-7-8-16-13(19)11(10)17/h7-8,12,18H,4-6,9H2,1-3H3,(H,16,19). The molecule has 2 heterocycles. The van der Waals surface area contributed by atoms with Crippen molar-refractivity contribution in [3.63, 3.8) is 0 Å². The lowest BCUT2D eigenvalue weighted by molar-refractivity contribution is -0.132. The summed E-state index contributed by atoms with van der Waals surface area (Å²) in [6.07, 6.45) is 2.78. The molecule has 1 aromatic rings. The summed E-state index contributed by atoms with van der Waals surface area (Å²) in [6, 6.07) is 1.83. The van der Waals surface area contributed by atoms with Crippen LogP contribution in [0.2, 0.25) is 0 Å². The van der Waals surface area contributed by atoms with E-state index in [4.69, 9.17) is 0 Å². The molecule has 1 aromatic heterocycles. The minimum Gasteiger partial charge on any atom is -0.383 e. The topological polar surface area (TPSA) is 73.4 Å². The number of rotatable bonds is 3. The van der Waals surface area contributed by atoms with Crippen molar-refractivity contribution >= 4 is 11.6 Å². The number of H-pyrrole nitrogens is 1. The van der Waals surface area contributed by atoms with Crippen molar-refractivity contribution in [2.45, 2.75) is 46.1 Å². The smallest absolute Gasteiger partial charge is 0.272 e. The molecular weight excluding hydrogens is 256 g/mol. The number of hydrogen-bond donors (Lipinski definition) is 2. The van der Waals surface area contributed by atoms with E-state index in [2.05, 4.69) is 4.98 Å². The number of aromatic amines is 1. The fourth-order valence-electron chi connectivity index (χ4n) is 2.44. The average molecular weight is 278 g/mol. The molecule has 0 saturated heterocycles. The van der Waals surface area contributed by atoms with Crippen LogP contribution in [-0.2, 0) is 11.2 Å². The molecule has 5 heteroatoms. The van der Waals surface area contributed by atoms with Crippen LogP contribution in [-0.4, -0.2) is 28.6 Å². The molecule has 0 bridgehead atoms. The molecule has 2 rings (SSSR count). The Kier molecular flexibility index (Phi) is 3.99. The lowest BCUT2D eigenvalue weighted by Gasteiger charge is -2.35. The predicted octanol–water partition coefficient (Wildman–Crippen LogP) is 1.45. The molecule has 20 heavy (non-hydrogen) atoms. The number of amides is 1. The quantitative estimate of drug-likeness (QED) is 0.879. The van der Waals surface area contributed by atoms with Gasteiger partial charge in [0.05, 0.1) is 0 Å². The molecular formula is C15H22N2O3. The van der Waals surface area contributed by atoms with Gasteiger partial charge >= 0.3 is 0 Å². The number of fused-ring (bicyclic) bond motifs is 1. The third-order valence-corrected chi connectivity index (χ3v) is 4.27. The van der Waals surface area contributed by atoms with Crippen LogP contribution in [0.1, 0.15) is 39.2 Å². The second kappa shape index (κ2) is 5.40. The number of aliphatic hydroxyl groups excluding tert-OH is 1. The van der Waals surface area contributed by atoms with Gasteiger partial charge in [0.25, 0.3) is 11.5 Å². The van der Waals surface area contributed by atoms with Crippen molar-refractivity contribution in [2.75, 3.05) is 11.4 Å². The Hall–Kier alpha value is -1.62. The van der Waals surface area contributed by atoms with Crippen LogP contribution in [0.5, 0.6) is 0 Å². The monoisotopic (exact) mass is 278 g/mol. The van der Waals surface area contributed by atoms with Crippen molar-refractivity contribution in [3.8, 4) is 0 Å². The van der Waals surface area contributed by atoms with Crippen LogP contribution in [0.25, 0.3) is 0 Å². The number of aliphatic hydroxyl groups is 1. The Bertz CT molecular complexity index is 562. The van der Waals surface area contributed by atoms with Gasteiger partial charge in [-0.1, -0.05) is 20.8 Å². The van der Waals surface area contributed by atoms with E-state index in [9.17, 15) is 14.7 Å². The van der Waals surface area contributed by atoms with Gasteiger partial charge in [0, 0.05) is 12.7 Å². The largest absolute Gasteiger partial charge is 0.383 e. The molecule has 5 nitrogen and oxygen atoms in total. The van der Waals surface area contributed by atoms with E-state index in [1.807, 2.05) is 26.8 Å². The lowest BCUT2D eigenvalue weighted by Crippen LogP contribution is -2.49. The highest BCUT2D eigenvalue weighted by Crippen LogP contribution is 2.29. The van der Waals surface area contributed by atoms with Crippen molar-refractivity contribution in [1.82, 2.24) is 4.98 Å². The Balaban J connectivity index is 2.37. The molecule has 1 atom stereocenters. The minimum absolute atomic E-state index is 0.267. The zero-order valence-electron chi connectivity index (χ0n) is 12.3. The van der Waals surface area contributed by atoms with E-state index in [1.165, 1.54) is 4.90 Å². The average Bonchev–Trinajstić information content (AvgIpc) is 2.45. The minimum atomic E-state index is -1.10. The normalized spacial score (nSPS) is 16.7. The highest BCUT2D eigenvalue weighted by molar-refractivity contribution is 5.97. The highest BCUT2D eigenvalue weighted by Gasteiger charge is 2.37. The van der Waals surface area contributed by atoms with Gasteiger partial charge in [-0.2, -0.15) is 0 Å². The summed E-state index contributed by atoms with van der Waals surface area (Å²) in [5, 5.41) is 10.3. The highest BCUT2D eigenvalue weighted by atomic mass is 16.3. The van der Waals surface area contributed by atoms with Gasteiger partial charge in [-0.25, -0.2) is 0 Å². The second-order valence-electron chi connectivity index (χ2n) is 6.02. The van der Waals surface area contributed by atoms with E-state index < -0.39 is 11.5 Å². The molecule has 1 aliphatic rings. The Morgan fingerprint density at radius 1 is 1.55 bits per heavy atom. The predicted molar refractivity (Wildman–Crippen MR) is 77.8 cm³/mol. The molecule has 1 aliphatic heterocycles. The van der Waals surface area contributed by atoms with E-state index in [-0.39, 0.29) is 11.5 Å². The molecule has 2 N–H and O–H groups in total. The first kappa shape index (κ1) is 14.8. The van der Waals surface area contributed by atoms with Crippen molar-refractivity contribution in [2.24, 2.45) is 5.41 Å². The van der Waals surface area contributed by atoms with Crippen LogP contribution in [0.3, 0.4) is 0 Å². The van der Waals surface area contributed by atoms with Crippen LogP contribution in [0.15, 0.2) is 17.1 Å². The Labute approximate surface area is 118 Å². The molecule has 1 unspecified atom stereocenters. The Morgan fingerprint density at radius 2 is 2.25 bits per heavy atom. The second-order valence-corrected chi connectivity index (χ2v) is 6.02. The third kappa shape index (κ3) is 2.50. The van der Waals surface area contributed by atoms with Gasteiger partial charge in [-0.3, -0.25) is 9.59 Å². The maximum atomic E-state index is 12.5. The van der Waals surface area contributed by atoms with E-state index >= 15 is 0 Å². The summed E-state index contributed by atoms with van der Waals surface area (Å²) in [5.41, 5.74) is 0.498. The maximum absolute atomic E-state index is 12.5. The van der Waals surface area contributed by atoms with Gasteiger partial charge in [-0.15, -0.1) is 0 Å². The lowest BCUT2D eigenvalue weighted by atomic mass is 9.83. The number of pyridine rings is 1. The summed E-state index contributed by atoms with van der Waals surface area (Å²) in [7, 11) is 0. The zero-order valence-corrected chi connectivity index (χ0v) is 12.3.